The van der Waals surface area contributed by atoms with Crippen molar-refractivity contribution >= 4 is 33.7 Å². The number of nitrogens with one attached hydrogen (secondary N) is 1. The Kier molecular flexibility index (Phi) is 3.84. The molecule has 0 aliphatic rings. The Bertz CT molecular complexity index is 795. The summed E-state index contributed by atoms with van der Waals surface area (Å²) in [5.41, 5.74) is 1.84. The molecule has 3 rings (SSSR count). The highest BCUT2D eigenvalue weighted by atomic mass is 32.1. The summed E-state index contributed by atoms with van der Waals surface area (Å²) in [6.07, 6.45) is 0. The predicted molar refractivity (Wildman–Crippen MR) is 80.3 cm³/mol. The van der Waals surface area contributed by atoms with Crippen molar-refractivity contribution in [1.29, 1.82) is 0 Å². The molecule has 0 aliphatic heterocycles. The fourth-order valence-corrected chi connectivity index (χ4v) is 2.79. The van der Waals surface area contributed by atoms with Gasteiger partial charge in [-0.1, -0.05) is 17.4 Å². The van der Waals surface area contributed by atoms with Gasteiger partial charge >= 0.3 is 0 Å². The zero-order chi connectivity index (χ0) is 14.7. The Hall–Kier alpha value is -2.39. The minimum atomic E-state index is -0.371. The third kappa shape index (κ3) is 3.20. The molecule has 0 unspecified atom stereocenters. The highest BCUT2D eigenvalue weighted by molar-refractivity contribution is 7.13. The lowest BCUT2D eigenvalue weighted by Gasteiger charge is -2.05. The van der Waals surface area contributed by atoms with E-state index in [1.165, 1.54) is 34.3 Å². The van der Waals surface area contributed by atoms with Crippen LogP contribution in [-0.4, -0.2) is 25.9 Å². The van der Waals surface area contributed by atoms with E-state index in [0.717, 1.165) is 9.56 Å². The second-order valence-electron chi connectivity index (χ2n) is 3.98. The van der Waals surface area contributed by atoms with Gasteiger partial charge < -0.3 is 0 Å². The molecule has 0 saturated carbocycles. The summed E-state index contributed by atoms with van der Waals surface area (Å²) in [5.74, 6) is -0.371. The standard InChI is InChI=1S/C12H9N5O2S2/c18-10(14-12-15-13-7-21-12)6-17-11(19)4-3-8(16-17)9-2-1-5-20-9/h1-5,7H,6H2,(H,14,15,18). The van der Waals surface area contributed by atoms with Crippen molar-refractivity contribution in [1.82, 2.24) is 20.0 Å². The number of amides is 1. The molecule has 9 heteroatoms. The molecule has 3 aromatic rings. The number of hydrogen-bond acceptors (Lipinski definition) is 7. The van der Waals surface area contributed by atoms with Gasteiger partial charge in [0.2, 0.25) is 11.0 Å². The third-order valence-corrected chi connectivity index (χ3v) is 4.04. The van der Waals surface area contributed by atoms with Gasteiger partial charge in [-0.05, 0) is 17.5 Å². The molecule has 0 atom stereocenters. The summed E-state index contributed by atoms with van der Waals surface area (Å²) in [4.78, 5) is 24.6. The van der Waals surface area contributed by atoms with Crippen LogP contribution < -0.4 is 10.9 Å². The minimum Gasteiger partial charge on any atom is -0.299 e. The van der Waals surface area contributed by atoms with Crippen LogP contribution in [0.3, 0.4) is 0 Å². The molecule has 106 valence electrons. The Morgan fingerprint density at radius 3 is 2.90 bits per heavy atom. The number of rotatable bonds is 4. The van der Waals surface area contributed by atoms with Crippen LogP contribution in [-0.2, 0) is 11.3 Å². The summed E-state index contributed by atoms with van der Waals surface area (Å²) in [5, 5.41) is 16.4. The molecule has 0 aromatic carbocycles. The number of hydrogen-bond donors (Lipinski definition) is 1. The molecule has 3 aromatic heterocycles. The van der Waals surface area contributed by atoms with Gasteiger partial charge in [0.1, 0.15) is 17.7 Å². The quantitative estimate of drug-likeness (QED) is 0.786. The molecule has 0 radical (unpaired) electrons. The third-order valence-electron chi connectivity index (χ3n) is 2.54. The summed E-state index contributed by atoms with van der Waals surface area (Å²) in [6, 6.07) is 6.86. The molecule has 3 heterocycles. The fraction of sp³-hybridized carbons (Fsp3) is 0.0833. The maximum Gasteiger partial charge on any atom is 0.267 e. The number of carbonyl (C=O) groups is 1. The van der Waals surface area contributed by atoms with Crippen LogP contribution in [0.5, 0.6) is 0 Å². The zero-order valence-electron chi connectivity index (χ0n) is 10.6. The Morgan fingerprint density at radius 2 is 2.19 bits per heavy atom. The van der Waals surface area contributed by atoms with E-state index in [9.17, 15) is 9.59 Å². The van der Waals surface area contributed by atoms with E-state index >= 15 is 0 Å². The lowest BCUT2D eigenvalue weighted by Crippen LogP contribution is -2.29. The predicted octanol–water partition coefficient (Wildman–Crippen LogP) is 1.46. The number of aromatic nitrogens is 4. The van der Waals surface area contributed by atoms with Crippen LogP contribution in [0.2, 0.25) is 0 Å². The molecule has 21 heavy (non-hydrogen) atoms. The van der Waals surface area contributed by atoms with E-state index in [2.05, 4.69) is 20.6 Å². The van der Waals surface area contributed by atoms with Crippen molar-refractivity contribution in [2.24, 2.45) is 0 Å². The first-order valence-electron chi connectivity index (χ1n) is 5.90. The van der Waals surface area contributed by atoms with Gasteiger partial charge in [0.05, 0.1) is 4.88 Å². The summed E-state index contributed by atoms with van der Waals surface area (Å²) in [6.45, 7) is -0.169. The van der Waals surface area contributed by atoms with Crippen molar-refractivity contribution in [3.8, 4) is 10.6 Å². The lowest BCUT2D eigenvalue weighted by molar-refractivity contribution is -0.117. The summed E-state index contributed by atoms with van der Waals surface area (Å²) >= 11 is 2.73. The average Bonchev–Trinajstić information content (AvgIpc) is 3.14. The normalized spacial score (nSPS) is 10.5. The highest BCUT2D eigenvalue weighted by Gasteiger charge is 2.09. The smallest absolute Gasteiger partial charge is 0.267 e. The molecule has 0 spiro atoms. The number of carbonyl (C=O) groups excluding carboxylic acids is 1. The van der Waals surface area contributed by atoms with Gasteiger partial charge in [-0.3, -0.25) is 14.9 Å². The molecule has 0 saturated heterocycles. The summed E-state index contributed by atoms with van der Waals surface area (Å²) in [7, 11) is 0. The Morgan fingerprint density at radius 1 is 1.29 bits per heavy atom. The first-order valence-corrected chi connectivity index (χ1v) is 7.66. The van der Waals surface area contributed by atoms with Crippen molar-refractivity contribution in [3.05, 3.63) is 45.5 Å². The largest absolute Gasteiger partial charge is 0.299 e. The van der Waals surface area contributed by atoms with Crippen LogP contribution in [0.15, 0.2) is 40.0 Å². The lowest BCUT2D eigenvalue weighted by atomic mass is 10.3. The van der Waals surface area contributed by atoms with Crippen LogP contribution in [0.1, 0.15) is 0 Å². The van der Waals surface area contributed by atoms with Crippen LogP contribution >= 0.6 is 22.7 Å². The molecular weight excluding hydrogens is 310 g/mol. The average molecular weight is 319 g/mol. The molecule has 0 bridgehead atoms. The van der Waals surface area contributed by atoms with E-state index in [1.54, 1.807) is 6.07 Å². The van der Waals surface area contributed by atoms with Crippen LogP contribution in [0.25, 0.3) is 10.6 Å². The Balaban J connectivity index is 1.80. The number of nitrogens with zero attached hydrogens (tertiary/aromatic N) is 4. The zero-order valence-corrected chi connectivity index (χ0v) is 12.2. The van der Waals surface area contributed by atoms with E-state index in [0.29, 0.717) is 10.8 Å². The van der Waals surface area contributed by atoms with Crippen LogP contribution in [0.4, 0.5) is 5.13 Å². The molecule has 1 N–H and O–H groups in total. The molecule has 0 aliphatic carbocycles. The van der Waals surface area contributed by atoms with Gasteiger partial charge in [0, 0.05) is 6.07 Å². The highest BCUT2D eigenvalue weighted by Crippen LogP contribution is 2.21. The maximum absolute atomic E-state index is 11.9. The monoisotopic (exact) mass is 319 g/mol. The minimum absolute atomic E-state index is 0.169. The maximum atomic E-state index is 11.9. The number of thiophene rings is 1. The van der Waals surface area contributed by atoms with E-state index in [-0.39, 0.29) is 18.0 Å². The first kappa shape index (κ1) is 13.6. The van der Waals surface area contributed by atoms with Gasteiger partial charge in [0.15, 0.2) is 0 Å². The molecule has 7 nitrogen and oxygen atoms in total. The van der Waals surface area contributed by atoms with Crippen molar-refractivity contribution in [2.45, 2.75) is 6.54 Å². The first-order chi connectivity index (χ1) is 10.2. The summed E-state index contributed by atoms with van der Waals surface area (Å²) < 4.78 is 1.13. The molecule has 1 amide bonds. The van der Waals surface area contributed by atoms with Gasteiger partial charge in [0.25, 0.3) is 5.56 Å². The second-order valence-corrected chi connectivity index (χ2v) is 5.76. The Labute approximate surface area is 126 Å². The van der Waals surface area contributed by atoms with E-state index in [1.807, 2.05) is 17.5 Å². The number of anilines is 1. The molecule has 0 fully saturated rings. The van der Waals surface area contributed by atoms with E-state index in [4.69, 9.17) is 0 Å². The molecular formula is C12H9N5O2S2. The van der Waals surface area contributed by atoms with Gasteiger partial charge in [-0.2, -0.15) is 5.10 Å². The van der Waals surface area contributed by atoms with Crippen molar-refractivity contribution < 1.29 is 4.79 Å². The SMILES string of the molecule is O=C(Cn1nc(-c2cccs2)ccc1=O)Nc1nncs1. The van der Waals surface area contributed by atoms with Crippen molar-refractivity contribution in [2.75, 3.05) is 5.32 Å². The fourth-order valence-electron chi connectivity index (χ4n) is 1.64. The van der Waals surface area contributed by atoms with Crippen LogP contribution in [0, 0.1) is 0 Å². The van der Waals surface area contributed by atoms with Gasteiger partial charge in [-0.25, -0.2) is 4.68 Å². The van der Waals surface area contributed by atoms with E-state index < -0.39 is 0 Å². The van der Waals surface area contributed by atoms with Crippen molar-refractivity contribution in [3.63, 3.8) is 0 Å². The van der Waals surface area contributed by atoms with Gasteiger partial charge in [-0.15, -0.1) is 21.5 Å². The second kappa shape index (κ2) is 5.94. The topological polar surface area (TPSA) is 89.8 Å².